The summed E-state index contributed by atoms with van der Waals surface area (Å²) in [5.41, 5.74) is 2.99. The van der Waals surface area contributed by atoms with Crippen LogP contribution in [0.4, 0.5) is 4.39 Å². The van der Waals surface area contributed by atoms with Crippen LogP contribution in [0.5, 0.6) is 11.5 Å². The number of aliphatic hydroxyl groups excluding tert-OH is 1. The number of hydrogen-bond acceptors (Lipinski definition) is 6. The van der Waals surface area contributed by atoms with E-state index in [1.807, 2.05) is 33.8 Å². The zero-order chi connectivity index (χ0) is 28.1. The van der Waals surface area contributed by atoms with Gasteiger partial charge in [-0.2, -0.15) is 0 Å². The molecule has 0 unspecified atom stereocenters. The number of carbonyl (C=O) groups excluding carboxylic acids is 1. The molecule has 1 amide bonds. The Morgan fingerprint density at radius 2 is 1.75 bits per heavy atom. The first kappa shape index (κ1) is 26.0. The van der Waals surface area contributed by atoms with E-state index in [-0.39, 0.29) is 35.8 Å². The summed E-state index contributed by atoms with van der Waals surface area (Å²) >= 11 is 0. The maximum Gasteiger partial charge on any atom is 0.255 e. The van der Waals surface area contributed by atoms with Crippen LogP contribution in [0.3, 0.4) is 0 Å². The highest BCUT2D eigenvalue weighted by atomic mass is 19.1. The van der Waals surface area contributed by atoms with E-state index in [0.717, 1.165) is 62.9 Å². The molecule has 4 heterocycles. The number of hydrogen-bond donors (Lipinski definition) is 2. The van der Waals surface area contributed by atoms with Gasteiger partial charge in [-0.3, -0.25) is 14.5 Å². The zero-order valence-electron chi connectivity index (χ0n) is 23.7. The van der Waals surface area contributed by atoms with Crippen molar-refractivity contribution < 1.29 is 23.8 Å². The monoisotopic (exact) mass is 551 g/mol. The highest BCUT2D eigenvalue weighted by molar-refractivity contribution is 6.00. The first-order valence-electron chi connectivity index (χ1n) is 14.6. The van der Waals surface area contributed by atoms with Crippen molar-refractivity contribution in [1.29, 1.82) is 0 Å². The van der Waals surface area contributed by atoms with E-state index in [1.54, 1.807) is 4.90 Å². The predicted octanol–water partition coefficient (Wildman–Crippen LogP) is 3.85. The Morgan fingerprint density at radius 1 is 1.07 bits per heavy atom. The Kier molecular flexibility index (Phi) is 5.72. The number of aromatic amines is 1. The van der Waals surface area contributed by atoms with Crippen molar-refractivity contribution in [1.82, 2.24) is 14.8 Å². The lowest BCUT2D eigenvalue weighted by atomic mass is 9.80. The fourth-order valence-corrected chi connectivity index (χ4v) is 7.75. The summed E-state index contributed by atoms with van der Waals surface area (Å²) in [7, 11) is 0. The molecular weight excluding hydrogens is 513 g/mol. The number of halogens is 1. The van der Waals surface area contributed by atoms with E-state index in [1.165, 1.54) is 0 Å². The molecule has 5 aliphatic rings. The van der Waals surface area contributed by atoms with Gasteiger partial charge in [0.2, 0.25) is 5.75 Å². The molecule has 3 fully saturated rings. The number of β-amino-alcohol motifs (C(OH)–C–C–N with tert-alkyl or cyclic N) is 1. The number of aromatic nitrogens is 1. The fourth-order valence-electron chi connectivity index (χ4n) is 7.75. The number of nitrogens with one attached hydrogen (secondary N) is 1. The summed E-state index contributed by atoms with van der Waals surface area (Å²) in [6.45, 7) is 9.51. The average molecular weight is 552 g/mol. The lowest BCUT2D eigenvalue weighted by Crippen LogP contribution is -2.57. The van der Waals surface area contributed by atoms with Gasteiger partial charge in [-0.15, -0.1) is 0 Å². The maximum absolute atomic E-state index is 16.4. The van der Waals surface area contributed by atoms with E-state index in [2.05, 4.69) is 9.88 Å². The number of pyridine rings is 1. The van der Waals surface area contributed by atoms with Gasteiger partial charge in [0.05, 0.1) is 18.2 Å². The van der Waals surface area contributed by atoms with E-state index >= 15 is 4.39 Å². The Morgan fingerprint density at radius 3 is 2.38 bits per heavy atom. The first-order chi connectivity index (χ1) is 19.0. The van der Waals surface area contributed by atoms with Gasteiger partial charge in [0, 0.05) is 66.3 Å². The molecule has 1 aromatic heterocycles. The van der Waals surface area contributed by atoms with E-state index < -0.39 is 17.0 Å². The normalized spacial score (nSPS) is 29.1. The molecule has 2 aliphatic carbocycles. The molecule has 0 radical (unpaired) electrons. The summed E-state index contributed by atoms with van der Waals surface area (Å²) in [4.78, 5) is 33.6. The summed E-state index contributed by atoms with van der Waals surface area (Å²) in [6, 6.07) is 2.37. The SMILES string of the molecule is Cc1cc(C)c(CN2CC3(CC3)c3c(F)c4c(c(C)c3C2=O)O[C@@](C)(C2CCC(N3CC(O)C3)CC2)O4)c(=O)[nH]1. The van der Waals surface area contributed by atoms with Gasteiger partial charge in [0.15, 0.2) is 11.6 Å². The molecule has 3 aliphatic heterocycles. The molecule has 2 saturated carbocycles. The van der Waals surface area contributed by atoms with E-state index in [4.69, 9.17) is 9.47 Å². The topological polar surface area (TPSA) is 95.1 Å². The van der Waals surface area contributed by atoms with Crippen molar-refractivity contribution in [2.24, 2.45) is 5.92 Å². The number of benzene rings is 1. The van der Waals surface area contributed by atoms with Crippen LogP contribution >= 0.6 is 0 Å². The second-order valence-corrected chi connectivity index (χ2v) is 13.1. The number of ether oxygens (including phenoxy) is 2. The zero-order valence-corrected chi connectivity index (χ0v) is 23.7. The molecule has 7 rings (SSSR count). The molecule has 1 spiro atoms. The lowest BCUT2D eigenvalue weighted by molar-refractivity contribution is -0.129. The van der Waals surface area contributed by atoms with E-state index in [9.17, 15) is 14.7 Å². The van der Waals surface area contributed by atoms with Crippen LogP contribution in [0.15, 0.2) is 10.9 Å². The quantitative estimate of drug-likeness (QED) is 0.600. The third-order valence-electron chi connectivity index (χ3n) is 10.3. The highest BCUT2D eigenvalue weighted by Gasteiger charge is 2.57. The smallest absolute Gasteiger partial charge is 0.255 e. The molecule has 2 aromatic rings. The van der Waals surface area contributed by atoms with Crippen LogP contribution in [0, 0.1) is 32.5 Å². The number of fused-ring (bicyclic) bond motifs is 3. The predicted molar refractivity (Wildman–Crippen MR) is 146 cm³/mol. The molecule has 1 aromatic carbocycles. The Hall–Kier alpha value is -2.91. The van der Waals surface area contributed by atoms with Gasteiger partial charge in [-0.25, -0.2) is 4.39 Å². The van der Waals surface area contributed by atoms with Crippen molar-refractivity contribution in [2.75, 3.05) is 19.6 Å². The Labute approximate surface area is 233 Å². The van der Waals surface area contributed by atoms with Crippen LogP contribution in [0.2, 0.25) is 0 Å². The standard InChI is InChI=1S/C31H38FN3O5/c1-16-11-17(2)33-28(37)22(16)14-35-15-31(9-10-31)24-23(29(35)38)18(3)26-27(25(24)32)40-30(4,39-26)19-5-7-20(8-6-19)34-12-21(36)13-34/h11,19-21,36H,5-10,12-15H2,1-4H3,(H,33,37)/t19?,20?,30-/m1/s1. The second kappa shape index (κ2) is 8.79. The number of likely N-dealkylation sites (tertiary alicyclic amines) is 1. The summed E-state index contributed by atoms with van der Waals surface area (Å²) in [6.07, 6.45) is 5.13. The van der Waals surface area contributed by atoms with Crippen LogP contribution in [0.25, 0.3) is 0 Å². The van der Waals surface area contributed by atoms with Gasteiger partial charge < -0.3 is 24.5 Å². The van der Waals surface area contributed by atoms with Crippen LogP contribution in [-0.4, -0.2) is 63.4 Å². The van der Waals surface area contributed by atoms with E-state index in [0.29, 0.717) is 40.6 Å². The van der Waals surface area contributed by atoms with Gasteiger partial charge in [0.1, 0.15) is 0 Å². The number of amides is 1. The molecule has 8 nitrogen and oxygen atoms in total. The molecule has 40 heavy (non-hydrogen) atoms. The fraction of sp³-hybridized carbons (Fsp3) is 0.613. The Bertz CT molecular complexity index is 1470. The minimum atomic E-state index is -0.997. The van der Waals surface area contributed by atoms with Crippen molar-refractivity contribution >= 4 is 5.91 Å². The van der Waals surface area contributed by atoms with Crippen molar-refractivity contribution in [2.45, 2.75) is 96.1 Å². The van der Waals surface area contributed by atoms with Crippen molar-refractivity contribution in [3.63, 3.8) is 0 Å². The lowest BCUT2D eigenvalue weighted by Gasteiger charge is -2.46. The number of H-pyrrole nitrogens is 1. The molecular formula is C31H38FN3O5. The first-order valence-corrected chi connectivity index (χ1v) is 14.6. The molecule has 9 heteroatoms. The van der Waals surface area contributed by atoms with Crippen molar-refractivity contribution in [3.05, 3.63) is 55.7 Å². The third-order valence-corrected chi connectivity index (χ3v) is 10.3. The van der Waals surface area contributed by atoms with Crippen LogP contribution in [-0.2, 0) is 12.0 Å². The van der Waals surface area contributed by atoms with Gasteiger partial charge >= 0.3 is 0 Å². The average Bonchev–Trinajstić information content (AvgIpc) is 3.55. The number of aryl methyl sites for hydroxylation is 2. The minimum Gasteiger partial charge on any atom is -0.448 e. The summed E-state index contributed by atoms with van der Waals surface area (Å²) in [5.74, 6) is -1.15. The number of aliphatic hydroxyl groups is 1. The molecule has 0 bridgehead atoms. The van der Waals surface area contributed by atoms with Crippen LogP contribution < -0.4 is 15.0 Å². The largest absolute Gasteiger partial charge is 0.448 e. The van der Waals surface area contributed by atoms with Crippen LogP contribution in [0.1, 0.15) is 83.8 Å². The maximum atomic E-state index is 16.4. The molecule has 214 valence electrons. The highest BCUT2D eigenvalue weighted by Crippen LogP contribution is 2.59. The second-order valence-electron chi connectivity index (χ2n) is 13.1. The summed E-state index contributed by atoms with van der Waals surface area (Å²) in [5, 5.41) is 9.68. The number of carbonyl (C=O) groups is 1. The van der Waals surface area contributed by atoms with Crippen molar-refractivity contribution in [3.8, 4) is 11.5 Å². The number of rotatable bonds is 4. The molecule has 1 saturated heterocycles. The third kappa shape index (κ3) is 3.84. The van der Waals surface area contributed by atoms with Gasteiger partial charge in [-0.05, 0) is 70.9 Å². The molecule has 1 atom stereocenters. The minimum absolute atomic E-state index is 0.0940. The van der Waals surface area contributed by atoms with Gasteiger partial charge in [0.25, 0.3) is 17.3 Å². The number of nitrogens with zero attached hydrogens (tertiary/aromatic N) is 2. The summed E-state index contributed by atoms with van der Waals surface area (Å²) < 4.78 is 29.2. The Balaban J connectivity index is 1.18. The van der Waals surface area contributed by atoms with Gasteiger partial charge in [-0.1, -0.05) is 0 Å². The molecule has 2 N–H and O–H groups in total.